The Labute approximate surface area is 131 Å². The molecule has 0 saturated carbocycles. The zero-order valence-electron chi connectivity index (χ0n) is 12.4. The molecule has 0 aliphatic heterocycles. The molecule has 0 atom stereocenters. The van der Waals surface area contributed by atoms with E-state index in [0.717, 1.165) is 18.8 Å². The molecular formula is C17H21ClN2O. The van der Waals surface area contributed by atoms with E-state index >= 15 is 0 Å². The first kappa shape index (κ1) is 15.7. The van der Waals surface area contributed by atoms with Gasteiger partial charge in [0.1, 0.15) is 5.76 Å². The van der Waals surface area contributed by atoms with Crippen LogP contribution in [0.15, 0.2) is 53.3 Å². The summed E-state index contributed by atoms with van der Waals surface area (Å²) in [6.45, 7) is 6.04. The van der Waals surface area contributed by atoms with Crippen molar-refractivity contribution in [3.05, 3.63) is 60.2 Å². The van der Waals surface area contributed by atoms with E-state index in [-0.39, 0.29) is 12.4 Å². The lowest BCUT2D eigenvalue weighted by Gasteiger charge is -2.08. The van der Waals surface area contributed by atoms with Crippen molar-refractivity contribution in [3.63, 3.8) is 0 Å². The van der Waals surface area contributed by atoms with Gasteiger partial charge in [0.05, 0.1) is 12.8 Å². The Morgan fingerprint density at radius 2 is 1.90 bits per heavy atom. The second-order valence-electron chi connectivity index (χ2n) is 5.36. The highest BCUT2D eigenvalue weighted by Gasteiger charge is 2.09. The maximum atomic E-state index is 5.33. The molecule has 3 aromatic rings. The number of hydrogen-bond donors (Lipinski definition) is 1. The van der Waals surface area contributed by atoms with Gasteiger partial charge in [0.2, 0.25) is 0 Å². The average molecular weight is 305 g/mol. The number of nitrogens with one attached hydrogen (secondary N) is 1. The van der Waals surface area contributed by atoms with Crippen molar-refractivity contribution in [2.24, 2.45) is 0 Å². The Hall–Kier alpha value is -1.71. The van der Waals surface area contributed by atoms with Gasteiger partial charge in [-0.15, -0.1) is 12.4 Å². The molecule has 3 nitrogen and oxygen atoms in total. The van der Waals surface area contributed by atoms with Crippen LogP contribution in [0, 0.1) is 0 Å². The fourth-order valence-electron chi connectivity index (χ4n) is 2.58. The van der Waals surface area contributed by atoms with E-state index in [1.807, 2.05) is 12.1 Å². The van der Waals surface area contributed by atoms with Crippen LogP contribution in [0.3, 0.4) is 0 Å². The molecule has 112 valence electrons. The molecule has 0 unspecified atom stereocenters. The van der Waals surface area contributed by atoms with E-state index in [1.54, 1.807) is 6.26 Å². The molecule has 0 amide bonds. The third kappa shape index (κ3) is 3.31. The molecule has 0 bridgehead atoms. The van der Waals surface area contributed by atoms with Gasteiger partial charge in [-0.1, -0.05) is 18.2 Å². The van der Waals surface area contributed by atoms with E-state index in [0.29, 0.717) is 6.04 Å². The number of para-hydroxylation sites is 1. The molecule has 2 heterocycles. The topological polar surface area (TPSA) is 30.1 Å². The van der Waals surface area contributed by atoms with Crippen molar-refractivity contribution in [1.82, 2.24) is 9.88 Å². The second-order valence-corrected chi connectivity index (χ2v) is 5.36. The Kier molecular flexibility index (Phi) is 5.10. The summed E-state index contributed by atoms with van der Waals surface area (Å²) in [4.78, 5) is 0. The van der Waals surface area contributed by atoms with Gasteiger partial charge in [0.15, 0.2) is 0 Å². The monoisotopic (exact) mass is 304 g/mol. The molecule has 0 aliphatic carbocycles. The Balaban J connectivity index is 0.00000161. The maximum absolute atomic E-state index is 5.33. The van der Waals surface area contributed by atoms with Crippen LogP contribution in [0.2, 0.25) is 0 Å². The minimum absolute atomic E-state index is 0. The highest BCUT2D eigenvalue weighted by molar-refractivity contribution is 5.85. The largest absolute Gasteiger partial charge is 0.468 e. The fraction of sp³-hybridized carbons (Fsp3) is 0.294. The third-order valence-corrected chi connectivity index (χ3v) is 3.57. The summed E-state index contributed by atoms with van der Waals surface area (Å²) in [6.07, 6.45) is 3.96. The summed E-state index contributed by atoms with van der Waals surface area (Å²) < 4.78 is 7.67. The van der Waals surface area contributed by atoms with E-state index in [9.17, 15) is 0 Å². The zero-order chi connectivity index (χ0) is 13.9. The highest BCUT2D eigenvalue weighted by atomic mass is 35.5. The number of benzene rings is 1. The van der Waals surface area contributed by atoms with Gasteiger partial charge in [-0.2, -0.15) is 0 Å². The standard InChI is InChI=1S/C17H20N2O.ClH/c1-13(2)19-12-14(16-7-3-4-8-17(16)19)10-18-11-15-6-5-9-20-15;/h3-9,12-13,18H,10-11H2,1-2H3;1H. The Morgan fingerprint density at radius 3 is 2.62 bits per heavy atom. The molecule has 1 aromatic carbocycles. The Morgan fingerprint density at radius 1 is 1.10 bits per heavy atom. The van der Waals surface area contributed by atoms with Gasteiger partial charge in [-0.25, -0.2) is 0 Å². The van der Waals surface area contributed by atoms with Crippen LogP contribution in [0.1, 0.15) is 31.2 Å². The number of halogens is 1. The number of furan rings is 1. The van der Waals surface area contributed by atoms with E-state index in [4.69, 9.17) is 4.42 Å². The van der Waals surface area contributed by atoms with Gasteiger partial charge >= 0.3 is 0 Å². The van der Waals surface area contributed by atoms with Crippen molar-refractivity contribution in [2.45, 2.75) is 33.0 Å². The lowest BCUT2D eigenvalue weighted by Crippen LogP contribution is -2.11. The van der Waals surface area contributed by atoms with Crippen LogP contribution in [-0.4, -0.2) is 4.57 Å². The molecule has 4 heteroatoms. The lowest BCUT2D eigenvalue weighted by atomic mass is 10.2. The average Bonchev–Trinajstić information content (AvgIpc) is 3.07. The smallest absolute Gasteiger partial charge is 0.117 e. The summed E-state index contributed by atoms with van der Waals surface area (Å²) in [6, 6.07) is 13.0. The van der Waals surface area contributed by atoms with E-state index in [2.05, 4.69) is 54.2 Å². The van der Waals surface area contributed by atoms with Crippen LogP contribution in [-0.2, 0) is 13.1 Å². The molecule has 21 heavy (non-hydrogen) atoms. The molecule has 0 saturated heterocycles. The van der Waals surface area contributed by atoms with Gasteiger partial charge in [0.25, 0.3) is 0 Å². The molecular weight excluding hydrogens is 284 g/mol. The second kappa shape index (κ2) is 6.83. The molecule has 0 spiro atoms. The van der Waals surface area contributed by atoms with Gasteiger partial charge in [-0.3, -0.25) is 0 Å². The highest BCUT2D eigenvalue weighted by Crippen LogP contribution is 2.24. The zero-order valence-corrected chi connectivity index (χ0v) is 13.2. The quantitative estimate of drug-likeness (QED) is 0.750. The van der Waals surface area contributed by atoms with Crippen LogP contribution >= 0.6 is 12.4 Å². The van der Waals surface area contributed by atoms with E-state index < -0.39 is 0 Å². The third-order valence-electron chi connectivity index (χ3n) is 3.57. The number of nitrogens with zero attached hydrogens (tertiary/aromatic N) is 1. The summed E-state index contributed by atoms with van der Waals surface area (Å²) >= 11 is 0. The number of hydrogen-bond acceptors (Lipinski definition) is 2. The Bertz CT molecular complexity index is 686. The lowest BCUT2D eigenvalue weighted by molar-refractivity contribution is 0.483. The van der Waals surface area contributed by atoms with Gasteiger partial charge in [0, 0.05) is 29.7 Å². The number of rotatable bonds is 5. The predicted molar refractivity (Wildman–Crippen MR) is 88.8 cm³/mol. The first-order valence-corrected chi connectivity index (χ1v) is 7.07. The maximum Gasteiger partial charge on any atom is 0.117 e. The summed E-state index contributed by atoms with van der Waals surface area (Å²) in [7, 11) is 0. The fourth-order valence-corrected chi connectivity index (χ4v) is 2.58. The molecule has 0 radical (unpaired) electrons. The first-order valence-electron chi connectivity index (χ1n) is 7.07. The van der Waals surface area contributed by atoms with Crippen LogP contribution in [0.4, 0.5) is 0 Å². The van der Waals surface area contributed by atoms with Gasteiger partial charge < -0.3 is 14.3 Å². The summed E-state index contributed by atoms with van der Waals surface area (Å²) in [5.74, 6) is 0.970. The van der Waals surface area contributed by atoms with Crippen LogP contribution in [0.5, 0.6) is 0 Å². The van der Waals surface area contributed by atoms with E-state index in [1.165, 1.54) is 16.5 Å². The molecule has 0 fully saturated rings. The van der Waals surface area contributed by atoms with Gasteiger partial charge in [-0.05, 0) is 37.6 Å². The van der Waals surface area contributed by atoms with Crippen LogP contribution in [0.25, 0.3) is 10.9 Å². The van der Waals surface area contributed by atoms with Crippen molar-refractivity contribution < 1.29 is 4.42 Å². The predicted octanol–water partition coefficient (Wildman–Crippen LogP) is 4.53. The molecule has 0 aliphatic rings. The normalized spacial score (nSPS) is 11.0. The minimum atomic E-state index is 0. The SMILES string of the molecule is CC(C)n1cc(CNCc2ccco2)c2ccccc21.Cl. The van der Waals surface area contributed by atoms with Crippen molar-refractivity contribution in [2.75, 3.05) is 0 Å². The summed E-state index contributed by atoms with van der Waals surface area (Å²) in [5.41, 5.74) is 2.64. The summed E-state index contributed by atoms with van der Waals surface area (Å²) in [5, 5.41) is 4.77. The van der Waals surface area contributed by atoms with Crippen molar-refractivity contribution in [3.8, 4) is 0 Å². The van der Waals surface area contributed by atoms with Crippen molar-refractivity contribution >= 4 is 23.3 Å². The number of aromatic nitrogens is 1. The van der Waals surface area contributed by atoms with Crippen molar-refractivity contribution in [1.29, 1.82) is 0 Å². The minimum Gasteiger partial charge on any atom is -0.468 e. The van der Waals surface area contributed by atoms with Crippen LogP contribution < -0.4 is 5.32 Å². The number of fused-ring (bicyclic) bond motifs is 1. The molecule has 3 rings (SSSR count). The molecule has 1 N–H and O–H groups in total. The molecule has 2 aromatic heterocycles. The first-order chi connectivity index (χ1) is 9.75.